The Hall–Kier alpha value is -4.78. The maximum absolute atomic E-state index is 9.35. The Balaban J connectivity index is 1.84. The number of hydrogen-bond donors (Lipinski definition) is 0. The van der Waals surface area contributed by atoms with Crippen LogP contribution >= 0.6 is 0 Å². The number of methoxy groups -OCH3 is 2. The van der Waals surface area contributed by atoms with Gasteiger partial charge in [0.15, 0.2) is 0 Å². The van der Waals surface area contributed by atoms with Gasteiger partial charge in [-0.15, -0.1) is 4.99 Å². The lowest BCUT2D eigenvalue weighted by Gasteiger charge is -2.09. The van der Waals surface area contributed by atoms with Gasteiger partial charge < -0.3 is 14.0 Å². The van der Waals surface area contributed by atoms with E-state index in [2.05, 4.69) is 24.9 Å². The number of ether oxygens (including phenoxy) is 2. The highest BCUT2D eigenvalue weighted by atomic mass is 16.5. The molecule has 0 saturated heterocycles. The number of benzene rings is 1. The molecule has 33 heavy (non-hydrogen) atoms. The Kier molecular flexibility index (Phi) is 4.91. The normalized spacial score (nSPS) is 11.6. The summed E-state index contributed by atoms with van der Waals surface area (Å²) < 4.78 is 14.0. The Labute approximate surface area is 188 Å². The fraction of sp³-hybridized carbons (Fsp3) is 0.130. The molecule has 0 radical (unpaired) electrons. The minimum atomic E-state index is 0.305. The van der Waals surface area contributed by atoms with Gasteiger partial charge in [0.25, 0.3) is 0 Å². The van der Waals surface area contributed by atoms with Crippen LogP contribution in [0, 0.1) is 11.5 Å². The Morgan fingerprint density at radius 1 is 0.909 bits per heavy atom. The molecule has 0 saturated carbocycles. The lowest BCUT2D eigenvalue weighted by molar-refractivity contribution is 0.380. The molecule has 0 aliphatic carbocycles. The molecule has 162 valence electrons. The van der Waals surface area contributed by atoms with Gasteiger partial charge in [0.2, 0.25) is 17.7 Å². The average molecular weight is 438 g/mol. The van der Waals surface area contributed by atoms with E-state index >= 15 is 0 Å². The van der Waals surface area contributed by atoms with Crippen LogP contribution in [0.15, 0.2) is 60.1 Å². The van der Waals surface area contributed by atoms with Crippen LogP contribution < -0.4 is 15.1 Å². The maximum Gasteiger partial charge on any atom is 0.316 e. The standard InChI is InChI=1S/C23H18N8O2/c1-30-19-12-25-18-6-4-14(15-9-27-22(33-3)28-10-15)8-17(18)21(19)31(23(30)29-13-24)16-5-7-20(32-2)26-11-16/h4-12H,1-3H3. The molecule has 4 heterocycles. The number of aryl methyl sites for hydroxylation is 1. The zero-order valence-corrected chi connectivity index (χ0v) is 18.1. The summed E-state index contributed by atoms with van der Waals surface area (Å²) in [5.74, 6) is 0.492. The van der Waals surface area contributed by atoms with Crippen molar-refractivity contribution in [2.75, 3.05) is 14.2 Å². The minimum absolute atomic E-state index is 0.305. The summed E-state index contributed by atoms with van der Waals surface area (Å²) in [6, 6.07) is 9.88. The molecule has 0 N–H and O–H groups in total. The van der Waals surface area contributed by atoms with E-state index in [9.17, 15) is 5.26 Å². The smallest absolute Gasteiger partial charge is 0.316 e. The summed E-state index contributed by atoms with van der Waals surface area (Å²) in [7, 11) is 4.94. The Morgan fingerprint density at radius 2 is 1.73 bits per heavy atom. The molecule has 0 bridgehead atoms. The van der Waals surface area contributed by atoms with Crippen molar-refractivity contribution in [3.8, 4) is 34.9 Å². The Bertz CT molecular complexity index is 1590. The number of pyridine rings is 2. The lowest BCUT2D eigenvalue weighted by Crippen LogP contribution is -2.22. The van der Waals surface area contributed by atoms with Gasteiger partial charge >= 0.3 is 6.01 Å². The molecule has 10 heteroatoms. The van der Waals surface area contributed by atoms with Crippen LogP contribution in [0.4, 0.5) is 0 Å². The van der Waals surface area contributed by atoms with Gasteiger partial charge in [-0.2, -0.15) is 5.26 Å². The topological polar surface area (TPSA) is 116 Å². The van der Waals surface area contributed by atoms with E-state index in [1.165, 1.54) is 7.11 Å². The second-order valence-electron chi connectivity index (χ2n) is 7.15. The van der Waals surface area contributed by atoms with Crippen LogP contribution in [0.5, 0.6) is 11.9 Å². The first-order chi connectivity index (χ1) is 16.1. The second-order valence-corrected chi connectivity index (χ2v) is 7.15. The van der Waals surface area contributed by atoms with E-state index in [1.807, 2.05) is 46.6 Å². The van der Waals surface area contributed by atoms with E-state index in [4.69, 9.17) is 9.47 Å². The van der Waals surface area contributed by atoms with Crippen LogP contribution in [0.25, 0.3) is 38.8 Å². The third-order valence-corrected chi connectivity index (χ3v) is 5.39. The number of hydrogen-bond acceptors (Lipinski definition) is 8. The predicted molar refractivity (Wildman–Crippen MR) is 121 cm³/mol. The van der Waals surface area contributed by atoms with E-state index in [1.54, 1.807) is 38.0 Å². The number of imidazole rings is 1. The summed E-state index contributed by atoms with van der Waals surface area (Å²) >= 11 is 0. The summed E-state index contributed by atoms with van der Waals surface area (Å²) in [5, 5.41) is 10.2. The summed E-state index contributed by atoms with van der Waals surface area (Å²) in [6.45, 7) is 0. The first-order valence-corrected chi connectivity index (χ1v) is 9.94. The van der Waals surface area contributed by atoms with Gasteiger partial charge in [0.1, 0.15) is 0 Å². The highest BCUT2D eigenvalue weighted by molar-refractivity contribution is 6.04. The monoisotopic (exact) mass is 438 g/mol. The van der Waals surface area contributed by atoms with Crippen LogP contribution in [-0.2, 0) is 7.05 Å². The third kappa shape index (κ3) is 3.32. The summed E-state index contributed by atoms with van der Waals surface area (Å²) in [5.41, 5.74) is 5.40. The molecular formula is C23H18N8O2. The molecule has 10 nitrogen and oxygen atoms in total. The van der Waals surface area contributed by atoms with Crippen LogP contribution in [0.2, 0.25) is 0 Å². The van der Waals surface area contributed by atoms with Gasteiger partial charge in [0.05, 0.1) is 48.9 Å². The van der Waals surface area contributed by atoms with Crippen molar-refractivity contribution in [1.29, 1.82) is 5.26 Å². The average Bonchev–Trinajstić information content (AvgIpc) is 3.16. The van der Waals surface area contributed by atoms with Crippen molar-refractivity contribution in [1.82, 2.24) is 29.1 Å². The first kappa shape index (κ1) is 20.1. The number of nitriles is 1. The Morgan fingerprint density at radius 3 is 2.39 bits per heavy atom. The quantitative estimate of drug-likeness (QED) is 0.396. The van der Waals surface area contributed by atoms with Crippen molar-refractivity contribution in [2.24, 2.45) is 12.0 Å². The SMILES string of the molecule is COc1ccc(-n2c(=NC#N)n(C)c3cnc4ccc(-c5cnc(OC)nc5)cc4c32)cn1. The number of rotatable bonds is 4. The van der Waals surface area contributed by atoms with Crippen LogP contribution in [0.1, 0.15) is 0 Å². The van der Waals surface area contributed by atoms with Crippen molar-refractivity contribution < 1.29 is 9.47 Å². The number of fused-ring (bicyclic) bond motifs is 3. The zero-order chi connectivity index (χ0) is 22.9. The molecule has 0 aliphatic rings. The van der Waals surface area contributed by atoms with E-state index in [0.717, 1.165) is 38.8 Å². The van der Waals surface area contributed by atoms with Crippen molar-refractivity contribution in [3.05, 3.63) is 60.7 Å². The zero-order valence-electron chi connectivity index (χ0n) is 18.1. The van der Waals surface area contributed by atoms with Crippen molar-refractivity contribution >= 4 is 21.9 Å². The molecule has 4 aromatic heterocycles. The fourth-order valence-corrected chi connectivity index (χ4v) is 3.80. The molecule has 0 aliphatic heterocycles. The third-order valence-electron chi connectivity index (χ3n) is 5.39. The predicted octanol–water partition coefficient (Wildman–Crippen LogP) is 2.77. The molecule has 0 amide bonds. The van der Waals surface area contributed by atoms with Gasteiger partial charge in [-0.1, -0.05) is 6.07 Å². The highest BCUT2D eigenvalue weighted by Gasteiger charge is 2.16. The van der Waals surface area contributed by atoms with E-state index in [-0.39, 0.29) is 0 Å². The van der Waals surface area contributed by atoms with Gasteiger partial charge in [0, 0.05) is 36.5 Å². The van der Waals surface area contributed by atoms with Crippen LogP contribution in [-0.4, -0.2) is 43.3 Å². The lowest BCUT2D eigenvalue weighted by atomic mass is 10.1. The van der Waals surface area contributed by atoms with Gasteiger partial charge in [-0.05, 0) is 23.8 Å². The minimum Gasteiger partial charge on any atom is -0.481 e. The molecule has 0 spiro atoms. The van der Waals surface area contributed by atoms with Gasteiger partial charge in [-0.25, -0.2) is 15.0 Å². The summed E-state index contributed by atoms with van der Waals surface area (Å²) in [4.78, 5) is 21.5. The largest absolute Gasteiger partial charge is 0.481 e. The molecule has 5 rings (SSSR count). The van der Waals surface area contributed by atoms with Crippen molar-refractivity contribution in [3.63, 3.8) is 0 Å². The van der Waals surface area contributed by atoms with Crippen LogP contribution in [0.3, 0.4) is 0 Å². The number of aromatic nitrogens is 6. The molecule has 5 aromatic rings. The van der Waals surface area contributed by atoms with Crippen molar-refractivity contribution in [2.45, 2.75) is 0 Å². The van der Waals surface area contributed by atoms with E-state index in [0.29, 0.717) is 17.5 Å². The molecular weight excluding hydrogens is 420 g/mol. The molecule has 0 unspecified atom stereocenters. The number of nitrogens with zero attached hydrogens (tertiary/aromatic N) is 8. The molecule has 0 fully saturated rings. The highest BCUT2D eigenvalue weighted by Crippen LogP contribution is 2.29. The molecule has 0 atom stereocenters. The second kappa shape index (κ2) is 8.05. The van der Waals surface area contributed by atoms with E-state index < -0.39 is 0 Å². The first-order valence-electron chi connectivity index (χ1n) is 9.94. The fourth-order valence-electron chi connectivity index (χ4n) is 3.80. The maximum atomic E-state index is 9.35. The van der Waals surface area contributed by atoms with Gasteiger partial charge in [-0.3, -0.25) is 9.55 Å². The molecule has 1 aromatic carbocycles. The summed E-state index contributed by atoms with van der Waals surface area (Å²) in [6.07, 6.45) is 8.79.